The van der Waals surface area contributed by atoms with Gasteiger partial charge in [-0.15, -0.1) is 0 Å². The van der Waals surface area contributed by atoms with Crippen molar-refractivity contribution >= 4 is 23.7 Å². The molecule has 11 nitrogen and oxygen atoms in total. The zero-order chi connectivity index (χ0) is 22.0. The number of rotatable bonds is 12. The third-order valence-corrected chi connectivity index (χ3v) is 4.37. The van der Waals surface area contributed by atoms with Gasteiger partial charge in [0.15, 0.2) is 0 Å². The van der Waals surface area contributed by atoms with Crippen LogP contribution in [0.25, 0.3) is 0 Å². The molecule has 0 heterocycles. The normalized spacial score (nSPS) is 16.4. The van der Waals surface area contributed by atoms with E-state index in [2.05, 4.69) is 16.0 Å². The maximum atomic E-state index is 12.6. The zero-order valence-corrected chi connectivity index (χ0v) is 16.6. The summed E-state index contributed by atoms with van der Waals surface area (Å²) in [6, 6.07) is -4.86. The fourth-order valence-corrected chi connectivity index (χ4v) is 2.27. The highest BCUT2D eigenvalue weighted by Gasteiger charge is 2.32. The number of carboxylic acids is 1. The van der Waals surface area contributed by atoms with Crippen LogP contribution in [0.4, 0.5) is 0 Å². The number of aliphatic hydroxyl groups excluding tert-OH is 2. The molecule has 0 rings (SSSR count). The number of carbonyl (C=O) groups is 4. The lowest BCUT2D eigenvalue weighted by atomic mass is 9.97. The highest BCUT2D eigenvalue weighted by Crippen LogP contribution is 2.09. The molecule has 8 N–H and O–H groups in total. The Kier molecular flexibility index (Phi) is 11.3. The average molecular weight is 404 g/mol. The number of carboxylic acid groups (broad SMARTS) is 1. The second-order valence-corrected chi connectivity index (χ2v) is 6.97. The number of aliphatic hydroxyl groups is 2. The van der Waals surface area contributed by atoms with E-state index in [1.54, 1.807) is 27.7 Å². The molecule has 0 aliphatic carbocycles. The van der Waals surface area contributed by atoms with Crippen LogP contribution >= 0.6 is 0 Å². The van der Waals surface area contributed by atoms with E-state index in [9.17, 15) is 24.3 Å². The van der Waals surface area contributed by atoms with Gasteiger partial charge in [0.25, 0.3) is 0 Å². The first-order valence-corrected chi connectivity index (χ1v) is 9.11. The molecule has 0 aromatic rings. The second kappa shape index (κ2) is 12.3. The summed E-state index contributed by atoms with van der Waals surface area (Å²) >= 11 is 0. The van der Waals surface area contributed by atoms with Crippen LogP contribution in [0.5, 0.6) is 0 Å². The molecule has 162 valence electrons. The van der Waals surface area contributed by atoms with Gasteiger partial charge in [0, 0.05) is 0 Å². The Morgan fingerprint density at radius 1 is 0.857 bits per heavy atom. The first kappa shape index (κ1) is 25.8. The summed E-state index contributed by atoms with van der Waals surface area (Å²) in [5.74, 6) is -4.33. The van der Waals surface area contributed by atoms with Gasteiger partial charge < -0.3 is 37.0 Å². The van der Waals surface area contributed by atoms with Crippen molar-refractivity contribution in [2.75, 3.05) is 13.2 Å². The van der Waals surface area contributed by atoms with Gasteiger partial charge >= 0.3 is 5.97 Å². The smallest absolute Gasteiger partial charge is 0.326 e. The predicted octanol–water partition coefficient (Wildman–Crippen LogP) is -2.46. The molecule has 11 heteroatoms. The van der Waals surface area contributed by atoms with Gasteiger partial charge in [-0.25, -0.2) is 4.79 Å². The number of carbonyl (C=O) groups excluding carboxylic acids is 3. The molecule has 0 bridgehead atoms. The number of nitrogens with two attached hydrogens (primary N) is 1. The molecule has 0 saturated heterocycles. The van der Waals surface area contributed by atoms with Crippen LogP contribution in [0.1, 0.15) is 34.1 Å². The maximum Gasteiger partial charge on any atom is 0.326 e. The van der Waals surface area contributed by atoms with E-state index in [1.165, 1.54) is 0 Å². The van der Waals surface area contributed by atoms with E-state index in [4.69, 9.17) is 15.9 Å². The minimum atomic E-state index is -1.40. The summed E-state index contributed by atoms with van der Waals surface area (Å²) in [7, 11) is 0. The summed E-state index contributed by atoms with van der Waals surface area (Å²) in [6.45, 7) is 5.32. The number of aliphatic carboxylic acids is 1. The average Bonchev–Trinajstić information content (AvgIpc) is 2.65. The Morgan fingerprint density at radius 2 is 1.39 bits per heavy atom. The molecule has 3 amide bonds. The van der Waals surface area contributed by atoms with E-state index < -0.39 is 67.0 Å². The van der Waals surface area contributed by atoms with Crippen molar-refractivity contribution in [2.45, 2.75) is 58.3 Å². The maximum absolute atomic E-state index is 12.6. The lowest BCUT2D eigenvalue weighted by molar-refractivity contribution is -0.144. The van der Waals surface area contributed by atoms with Crippen LogP contribution in [0.2, 0.25) is 0 Å². The molecule has 0 aromatic heterocycles. The minimum absolute atomic E-state index is 0.334. The molecular weight excluding hydrogens is 372 g/mol. The van der Waals surface area contributed by atoms with Gasteiger partial charge in [-0.05, 0) is 11.8 Å². The monoisotopic (exact) mass is 404 g/mol. The Morgan fingerprint density at radius 3 is 1.79 bits per heavy atom. The molecule has 0 spiro atoms. The van der Waals surface area contributed by atoms with Crippen LogP contribution in [0, 0.1) is 11.8 Å². The standard InChI is InChI=1S/C17H32N4O7/c1-5-9(4)13(21-14(24)10(18)6-22)16(26)19-11(7-23)15(25)20-12(8(2)3)17(27)28/h8-13,22-23H,5-7,18H2,1-4H3,(H,19,26)(H,20,25)(H,21,24)(H,27,28). The van der Waals surface area contributed by atoms with Crippen molar-refractivity contribution in [3.63, 3.8) is 0 Å². The van der Waals surface area contributed by atoms with Gasteiger partial charge in [0.1, 0.15) is 24.2 Å². The molecule has 0 aliphatic heterocycles. The van der Waals surface area contributed by atoms with Crippen LogP contribution in [-0.4, -0.2) is 76.4 Å². The SMILES string of the molecule is CCC(C)C(NC(=O)C(N)CO)C(=O)NC(CO)C(=O)NC(C(=O)O)C(C)C. The van der Waals surface area contributed by atoms with Crippen LogP contribution < -0.4 is 21.7 Å². The molecular formula is C17H32N4O7. The molecule has 28 heavy (non-hydrogen) atoms. The molecule has 0 saturated carbocycles. The topological polar surface area (TPSA) is 191 Å². The highest BCUT2D eigenvalue weighted by molar-refractivity contribution is 5.94. The Labute approximate surface area is 164 Å². The molecule has 5 unspecified atom stereocenters. The summed E-state index contributed by atoms with van der Waals surface area (Å²) in [4.78, 5) is 48.0. The lowest BCUT2D eigenvalue weighted by Crippen LogP contribution is -2.60. The van der Waals surface area contributed by atoms with Gasteiger partial charge in [-0.2, -0.15) is 0 Å². The largest absolute Gasteiger partial charge is 0.480 e. The third kappa shape index (κ3) is 7.79. The Hall–Kier alpha value is -2.24. The third-order valence-electron chi connectivity index (χ3n) is 4.37. The van der Waals surface area contributed by atoms with E-state index >= 15 is 0 Å². The Balaban J connectivity index is 5.25. The van der Waals surface area contributed by atoms with Crippen LogP contribution in [0.15, 0.2) is 0 Å². The van der Waals surface area contributed by atoms with Crippen molar-refractivity contribution in [2.24, 2.45) is 17.6 Å². The van der Waals surface area contributed by atoms with E-state index in [0.29, 0.717) is 6.42 Å². The van der Waals surface area contributed by atoms with Crippen molar-refractivity contribution in [3.8, 4) is 0 Å². The molecule has 0 aliphatic rings. The van der Waals surface area contributed by atoms with Gasteiger partial charge in [0.05, 0.1) is 13.2 Å². The van der Waals surface area contributed by atoms with Crippen LogP contribution in [-0.2, 0) is 19.2 Å². The zero-order valence-electron chi connectivity index (χ0n) is 16.6. The van der Waals surface area contributed by atoms with Gasteiger partial charge in [-0.1, -0.05) is 34.1 Å². The van der Waals surface area contributed by atoms with E-state index in [1.807, 2.05) is 0 Å². The number of nitrogens with one attached hydrogen (secondary N) is 3. The summed E-state index contributed by atoms with van der Waals surface area (Å²) in [6.07, 6.45) is 0.511. The van der Waals surface area contributed by atoms with Crippen molar-refractivity contribution in [1.82, 2.24) is 16.0 Å². The quantitative estimate of drug-likeness (QED) is 0.186. The lowest BCUT2D eigenvalue weighted by Gasteiger charge is -2.27. The van der Waals surface area contributed by atoms with Crippen molar-refractivity contribution < 1.29 is 34.5 Å². The number of hydrogen-bond acceptors (Lipinski definition) is 7. The molecule has 0 aromatic carbocycles. The Bertz CT molecular complexity index is 556. The van der Waals surface area contributed by atoms with Crippen molar-refractivity contribution in [1.29, 1.82) is 0 Å². The summed E-state index contributed by atoms with van der Waals surface area (Å²) in [5, 5.41) is 34.6. The highest BCUT2D eigenvalue weighted by atomic mass is 16.4. The molecule has 0 radical (unpaired) electrons. The molecule has 0 fully saturated rings. The van der Waals surface area contributed by atoms with Crippen LogP contribution in [0.3, 0.4) is 0 Å². The van der Waals surface area contributed by atoms with Gasteiger partial charge in [-0.3, -0.25) is 14.4 Å². The predicted molar refractivity (Wildman–Crippen MR) is 99.9 cm³/mol. The summed E-state index contributed by atoms with van der Waals surface area (Å²) < 4.78 is 0. The first-order chi connectivity index (χ1) is 13.0. The van der Waals surface area contributed by atoms with Gasteiger partial charge in [0.2, 0.25) is 17.7 Å². The first-order valence-electron chi connectivity index (χ1n) is 9.11. The minimum Gasteiger partial charge on any atom is -0.480 e. The van der Waals surface area contributed by atoms with Crippen molar-refractivity contribution in [3.05, 3.63) is 0 Å². The number of hydrogen-bond donors (Lipinski definition) is 7. The van der Waals surface area contributed by atoms with E-state index in [0.717, 1.165) is 0 Å². The second-order valence-electron chi connectivity index (χ2n) is 6.97. The summed E-state index contributed by atoms with van der Waals surface area (Å²) in [5.41, 5.74) is 5.44. The van der Waals surface area contributed by atoms with E-state index in [-0.39, 0.29) is 5.92 Å². The number of amides is 3. The molecule has 5 atom stereocenters. The fourth-order valence-electron chi connectivity index (χ4n) is 2.27. The fraction of sp³-hybridized carbons (Fsp3) is 0.765.